The Morgan fingerprint density at radius 2 is 2.13 bits per heavy atom. The van der Waals surface area contributed by atoms with Crippen molar-refractivity contribution in [1.29, 1.82) is 0 Å². The second kappa shape index (κ2) is 7.20. The summed E-state index contributed by atoms with van der Waals surface area (Å²) < 4.78 is 5.19. The fourth-order valence-electron chi connectivity index (χ4n) is 2.07. The predicted molar refractivity (Wildman–Crippen MR) is 64.2 cm³/mol. The Bertz CT molecular complexity index is 160. The van der Waals surface area contributed by atoms with E-state index in [1.54, 1.807) is 7.11 Å². The number of nitrogens with zero attached hydrogens (tertiary/aromatic N) is 1. The average molecular weight is 214 g/mol. The van der Waals surface area contributed by atoms with E-state index in [0.717, 1.165) is 32.3 Å². The standard InChI is InChI=1S/C12H26N2O/c1-4-11(10-13-5-2)14(8-9-15-3)12-6-7-12/h11-13H,4-10H2,1-3H3. The number of likely N-dealkylation sites (N-methyl/N-ethyl adjacent to an activating group) is 1. The maximum absolute atomic E-state index is 5.19. The third-order valence-electron chi connectivity index (χ3n) is 3.14. The van der Waals surface area contributed by atoms with E-state index in [1.807, 2.05) is 0 Å². The molecule has 0 aromatic carbocycles. The molecule has 0 saturated heterocycles. The molecule has 15 heavy (non-hydrogen) atoms. The summed E-state index contributed by atoms with van der Waals surface area (Å²) in [5.41, 5.74) is 0. The molecule has 3 nitrogen and oxygen atoms in total. The molecule has 0 bridgehead atoms. The lowest BCUT2D eigenvalue weighted by molar-refractivity contribution is 0.110. The molecule has 0 spiro atoms. The van der Waals surface area contributed by atoms with Crippen molar-refractivity contribution in [2.24, 2.45) is 0 Å². The van der Waals surface area contributed by atoms with E-state index in [2.05, 4.69) is 24.1 Å². The number of hydrogen-bond acceptors (Lipinski definition) is 3. The Labute approximate surface area is 94.2 Å². The molecule has 1 rings (SSSR count). The summed E-state index contributed by atoms with van der Waals surface area (Å²) in [6.45, 7) is 8.59. The zero-order chi connectivity index (χ0) is 11.1. The molecule has 3 heteroatoms. The molecule has 1 fully saturated rings. The van der Waals surface area contributed by atoms with E-state index in [0.29, 0.717) is 6.04 Å². The summed E-state index contributed by atoms with van der Waals surface area (Å²) in [7, 11) is 1.79. The van der Waals surface area contributed by atoms with Gasteiger partial charge in [0.05, 0.1) is 6.61 Å². The highest BCUT2D eigenvalue weighted by atomic mass is 16.5. The smallest absolute Gasteiger partial charge is 0.0589 e. The molecule has 0 aromatic heterocycles. The van der Waals surface area contributed by atoms with Crippen molar-refractivity contribution >= 4 is 0 Å². The first kappa shape index (κ1) is 12.9. The molecule has 90 valence electrons. The second-order valence-electron chi connectivity index (χ2n) is 4.33. The summed E-state index contributed by atoms with van der Waals surface area (Å²) >= 11 is 0. The molecule has 1 N–H and O–H groups in total. The van der Waals surface area contributed by atoms with Gasteiger partial charge in [0, 0.05) is 32.3 Å². The maximum Gasteiger partial charge on any atom is 0.0589 e. The first-order valence-corrected chi connectivity index (χ1v) is 6.28. The highest BCUT2D eigenvalue weighted by molar-refractivity contribution is 4.89. The third kappa shape index (κ3) is 4.49. The van der Waals surface area contributed by atoms with Crippen LogP contribution in [0.15, 0.2) is 0 Å². The summed E-state index contributed by atoms with van der Waals surface area (Å²) in [6, 6.07) is 1.52. The average Bonchev–Trinajstić information content (AvgIpc) is 3.07. The van der Waals surface area contributed by atoms with E-state index >= 15 is 0 Å². The minimum atomic E-state index is 0.688. The highest BCUT2D eigenvalue weighted by Gasteiger charge is 2.32. The van der Waals surface area contributed by atoms with Gasteiger partial charge in [0.25, 0.3) is 0 Å². The first-order chi connectivity index (χ1) is 7.33. The van der Waals surface area contributed by atoms with Crippen LogP contribution in [0.2, 0.25) is 0 Å². The molecule has 1 unspecified atom stereocenters. The fourth-order valence-corrected chi connectivity index (χ4v) is 2.07. The van der Waals surface area contributed by atoms with Crippen molar-refractivity contribution in [3.63, 3.8) is 0 Å². The quantitative estimate of drug-likeness (QED) is 0.629. The van der Waals surface area contributed by atoms with Crippen LogP contribution >= 0.6 is 0 Å². The molecule has 0 aliphatic heterocycles. The molecule has 0 heterocycles. The normalized spacial score (nSPS) is 18.4. The molecule has 1 atom stereocenters. The molecular formula is C12H26N2O. The van der Waals surface area contributed by atoms with Crippen LogP contribution < -0.4 is 5.32 Å². The van der Waals surface area contributed by atoms with Crippen LogP contribution in [0.3, 0.4) is 0 Å². The Balaban J connectivity index is 2.35. The zero-order valence-electron chi connectivity index (χ0n) is 10.5. The lowest BCUT2D eigenvalue weighted by Crippen LogP contribution is -2.44. The van der Waals surface area contributed by atoms with E-state index in [1.165, 1.54) is 19.3 Å². The Kier molecular flexibility index (Phi) is 6.22. The van der Waals surface area contributed by atoms with Gasteiger partial charge in [-0.2, -0.15) is 0 Å². The van der Waals surface area contributed by atoms with Crippen molar-refractivity contribution < 1.29 is 4.74 Å². The summed E-state index contributed by atoms with van der Waals surface area (Å²) in [4.78, 5) is 2.63. The van der Waals surface area contributed by atoms with Crippen LogP contribution in [-0.2, 0) is 4.74 Å². The van der Waals surface area contributed by atoms with E-state index in [4.69, 9.17) is 4.74 Å². The largest absolute Gasteiger partial charge is 0.383 e. The predicted octanol–water partition coefficient (Wildman–Crippen LogP) is 1.49. The number of rotatable bonds is 9. The number of methoxy groups -OCH3 is 1. The highest BCUT2D eigenvalue weighted by Crippen LogP contribution is 2.28. The molecule has 0 amide bonds. The van der Waals surface area contributed by atoms with Crippen molar-refractivity contribution in [3.8, 4) is 0 Å². The van der Waals surface area contributed by atoms with E-state index in [-0.39, 0.29) is 0 Å². The third-order valence-corrected chi connectivity index (χ3v) is 3.14. The van der Waals surface area contributed by atoms with Gasteiger partial charge in [-0.3, -0.25) is 4.90 Å². The van der Waals surface area contributed by atoms with E-state index < -0.39 is 0 Å². The number of nitrogens with one attached hydrogen (secondary N) is 1. The topological polar surface area (TPSA) is 24.5 Å². The van der Waals surface area contributed by atoms with Gasteiger partial charge in [0.1, 0.15) is 0 Å². The van der Waals surface area contributed by atoms with Crippen LogP contribution in [0, 0.1) is 0 Å². The Morgan fingerprint density at radius 1 is 1.40 bits per heavy atom. The molecular weight excluding hydrogens is 188 g/mol. The number of hydrogen-bond donors (Lipinski definition) is 1. The molecule has 1 saturated carbocycles. The molecule has 1 aliphatic carbocycles. The van der Waals surface area contributed by atoms with Crippen LogP contribution in [0.1, 0.15) is 33.1 Å². The van der Waals surface area contributed by atoms with Gasteiger partial charge in [-0.1, -0.05) is 13.8 Å². The Morgan fingerprint density at radius 3 is 2.60 bits per heavy atom. The van der Waals surface area contributed by atoms with Crippen LogP contribution in [-0.4, -0.2) is 50.3 Å². The van der Waals surface area contributed by atoms with Gasteiger partial charge < -0.3 is 10.1 Å². The molecule has 1 aliphatic rings. The van der Waals surface area contributed by atoms with Gasteiger partial charge in [-0.15, -0.1) is 0 Å². The fraction of sp³-hybridized carbons (Fsp3) is 1.00. The van der Waals surface area contributed by atoms with Crippen LogP contribution in [0.4, 0.5) is 0 Å². The van der Waals surface area contributed by atoms with Gasteiger partial charge in [-0.25, -0.2) is 0 Å². The van der Waals surface area contributed by atoms with E-state index in [9.17, 15) is 0 Å². The van der Waals surface area contributed by atoms with Gasteiger partial charge in [0.15, 0.2) is 0 Å². The number of ether oxygens (including phenoxy) is 1. The maximum atomic E-state index is 5.19. The summed E-state index contributed by atoms with van der Waals surface area (Å²) in [5.74, 6) is 0. The minimum absolute atomic E-state index is 0.688. The van der Waals surface area contributed by atoms with Crippen LogP contribution in [0.25, 0.3) is 0 Å². The van der Waals surface area contributed by atoms with Gasteiger partial charge in [0.2, 0.25) is 0 Å². The lowest BCUT2D eigenvalue weighted by Gasteiger charge is -2.31. The molecule has 0 aromatic rings. The van der Waals surface area contributed by atoms with Crippen molar-refractivity contribution in [3.05, 3.63) is 0 Å². The monoisotopic (exact) mass is 214 g/mol. The second-order valence-corrected chi connectivity index (χ2v) is 4.33. The van der Waals surface area contributed by atoms with Gasteiger partial charge >= 0.3 is 0 Å². The zero-order valence-corrected chi connectivity index (χ0v) is 10.5. The summed E-state index contributed by atoms with van der Waals surface area (Å²) in [5, 5.41) is 3.46. The first-order valence-electron chi connectivity index (χ1n) is 6.28. The van der Waals surface area contributed by atoms with Gasteiger partial charge in [-0.05, 0) is 25.8 Å². The Hall–Kier alpha value is -0.120. The molecule has 0 radical (unpaired) electrons. The lowest BCUT2D eigenvalue weighted by atomic mass is 10.2. The SMILES string of the molecule is CCNCC(CC)N(CCOC)C1CC1. The minimum Gasteiger partial charge on any atom is -0.383 e. The van der Waals surface area contributed by atoms with Crippen molar-refractivity contribution in [2.45, 2.75) is 45.2 Å². The van der Waals surface area contributed by atoms with Crippen molar-refractivity contribution in [2.75, 3.05) is 33.4 Å². The van der Waals surface area contributed by atoms with Crippen LogP contribution in [0.5, 0.6) is 0 Å². The van der Waals surface area contributed by atoms with Crippen molar-refractivity contribution in [1.82, 2.24) is 10.2 Å². The summed E-state index contributed by atoms with van der Waals surface area (Å²) in [6.07, 6.45) is 3.99.